The zero-order valence-electron chi connectivity index (χ0n) is 24.5. The number of likely N-dealkylation sites (tertiary alicyclic amines) is 1. The van der Waals surface area contributed by atoms with Crippen LogP contribution in [0, 0.1) is 13.8 Å². The smallest absolute Gasteiger partial charge is 0.267 e. The van der Waals surface area contributed by atoms with E-state index in [4.69, 9.17) is 9.47 Å². The van der Waals surface area contributed by atoms with Crippen molar-refractivity contribution in [3.05, 3.63) is 77.6 Å². The summed E-state index contributed by atoms with van der Waals surface area (Å²) in [5, 5.41) is 3.95. The highest BCUT2D eigenvalue weighted by Gasteiger charge is 2.41. The van der Waals surface area contributed by atoms with Gasteiger partial charge < -0.3 is 14.4 Å². The first-order valence-electron chi connectivity index (χ1n) is 13.4. The van der Waals surface area contributed by atoms with Gasteiger partial charge in [-0.25, -0.2) is 18.1 Å². The van der Waals surface area contributed by atoms with E-state index >= 15 is 0 Å². The Morgan fingerprint density at radius 3 is 2.31 bits per heavy atom. The number of hydrogen-bond acceptors (Lipinski definition) is 8. The van der Waals surface area contributed by atoms with Gasteiger partial charge in [-0.2, -0.15) is 10.1 Å². The summed E-state index contributed by atoms with van der Waals surface area (Å²) < 4.78 is 41.3. The van der Waals surface area contributed by atoms with Crippen molar-refractivity contribution >= 4 is 21.9 Å². The van der Waals surface area contributed by atoms with E-state index in [-0.39, 0.29) is 28.7 Å². The van der Waals surface area contributed by atoms with Crippen molar-refractivity contribution in [2.24, 2.45) is 7.05 Å². The molecule has 220 valence electrons. The molecule has 1 N–H and O–H groups in total. The molecule has 0 aliphatic carbocycles. The first-order chi connectivity index (χ1) is 19.9. The Morgan fingerprint density at radius 2 is 1.71 bits per heavy atom. The van der Waals surface area contributed by atoms with Gasteiger partial charge in [-0.3, -0.25) is 9.48 Å². The summed E-state index contributed by atoms with van der Waals surface area (Å²) in [6.45, 7) is 8.46. The number of amides is 1. The van der Waals surface area contributed by atoms with Crippen molar-refractivity contribution in [2.45, 2.75) is 44.1 Å². The summed E-state index contributed by atoms with van der Waals surface area (Å²) in [7, 11) is -0.753. The molecule has 2 aromatic carbocycles. The fourth-order valence-corrected chi connectivity index (χ4v) is 5.90. The molecule has 2 aromatic heterocycles. The van der Waals surface area contributed by atoms with E-state index in [1.54, 1.807) is 25.1 Å². The largest absolute Gasteiger partial charge is 0.497 e. The summed E-state index contributed by atoms with van der Waals surface area (Å²) in [4.78, 5) is 24.0. The Labute approximate surface area is 245 Å². The third kappa shape index (κ3) is 5.80. The van der Waals surface area contributed by atoms with Gasteiger partial charge in [-0.05, 0) is 56.5 Å². The van der Waals surface area contributed by atoms with Crippen LogP contribution in [0.25, 0.3) is 11.3 Å². The lowest BCUT2D eigenvalue weighted by Gasteiger charge is -2.42. The second kappa shape index (κ2) is 11.1. The molecule has 0 spiro atoms. The Balaban J connectivity index is 1.37. The quantitative estimate of drug-likeness (QED) is 0.311. The molecule has 5 rings (SSSR count). The van der Waals surface area contributed by atoms with E-state index in [2.05, 4.69) is 19.8 Å². The van der Waals surface area contributed by atoms with Crippen molar-refractivity contribution < 1.29 is 22.7 Å². The number of sulfonamides is 1. The number of hydrogen-bond donors (Lipinski definition) is 1. The average molecular weight is 591 g/mol. The maximum Gasteiger partial charge on any atom is 0.267 e. The maximum atomic E-state index is 13.4. The molecule has 11 nitrogen and oxygen atoms in total. The molecule has 12 heteroatoms. The number of rotatable bonds is 9. The van der Waals surface area contributed by atoms with Gasteiger partial charge in [0.05, 0.1) is 37.5 Å². The Hall–Kier alpha value is -4.45. The van der Waals surface area contributed by atoms with Crippen LogP contribution in [0.2, 0.25) is 0 Å². The second-order valence-corrected chi connectivity index (χ2v) is 12.6. The van der Waals surface area contributed by atoms with Crippen molar-refractivity contribution in [3.8, 4) is 22.9 Å². The zero-order chi connectivity index (χ0) is 30.2. The van der Waals surface area contributed by atoms with Crippen LogP contribution in [0.3, 0.4) is 0 Å². The molecule has 0 unspecified atom stereocenters. The first-order valence-corrected chi connectivity index (χ1v) is 14.9. The summed E-state index contributed by atoms with van der Waals surface area (Å²) in [5.41, 5.74) is 3.48. The second-order valence-electron chi connectivity index (χ2n) is 10.9. The van der Waals surface area contributed by atoms with Crippen LogP contribution < -0.4 is 14.2 Å². The highest BCUT2D eigenvalue weighted by atomic mass is 32.2. The predicted molar refractivity (Wildman–Crippen MR) is 158 cm³/mol. The number of nitrogens with one attached hydrogen (secondary N) is 1. The van der Waals surface area contributed by atoms with Gasteiger partial charge in [0.25, 0.3) is 10.0 Å². The third-order valence-corrected chi connectivity index (χ3v) is 8.71. The molecule has 1 aliphatic heterocycles. The van der Waals surface area contributed by atoms with Crippen LogP contribution in [0.1, 0.15) is 30.5 Å². The Bertz CT molecular complexity index is 1710. The molecule has 1 amide bonds. The van der Waals surface area contributed by atoms with E-state index in [0.29, 0.717) is 18.8 Å². The van der Waals surface area contributed by atoms with Crippen LogP contribution in [0.5, 0.6) is 11.6 Å². The summed E-state index contributed by atoms with van der Waals surface area (Å²) in [6.07, 6.45) is 2.33. The number of carbonyl (C=O) groups is 1. The minimum absolute atomic E-state index is 0.0128. The average Bonchev–Trinajstić information content (AvgIpc) is 3.37. The van der Waals surface area contributed by atoms with E-state index < -0.39 is 15.4 Å². The van der Waals surface area contributed by atoms with Crippen LogP contribution in [0.4, 0.5) is 5.95 Å². The van der Waals surface area contributed by atoms with Crippen LogP contribution >= 0.6 is 0 Å². The number of carbonyl (C=O) groups excluding carboxylic acids is 1. The topological polar surface area (TPSA) is 129 Å². The maximum absolute atomic E-state index is 13.4. The predicted octanol–water partition coefficient (Wildman–Crippen LogP) is 3.87. The van der Waals surface area contributed by atoms with Crippen molar-refractivity contribution in [2.75, 3.05) is 24.9 Å². The lowest BCUT2D eigenvalue weighted by molar-refractivity contribution is -0.145. The highest BCUT2D eigenvalue weighted by molar-refractivity contribution is 7.92. The molecule has 0 atom stereocenters. The molecular weight excluding hydrogens is 556 g/mol. The molecule has 1 fully saturated rings. The van der Waals surface area contributed by atoms with E-state index in [1.807, 2.05) is 70.2 Å². The van der Waals surface area contributed by atoms with Gasteiger partial charge >= 0.3 is 0 Å². The number of aromatic nitrogens is 4. The number of aryl methyl sites for hydroxylation is 3. The van der Waals surface area contributed by atoms with E-state index in [0.717, 1.165) is 28.0 Å². The molecule has 0 radical (unpaired) electrons. The zero-order valence-corrected chi connectivity index (χ0v) is 25.3. The number of methoxy groups -OCH3 is 1. The lowest BCUT2D eigenvalue weighted by Crippen LogP contribution is -2.60. The SMILES string of the molecule is COc1ccc(C(C)(C)C(=O)N2CC(Oc3cc(-c4c(C)cccc4C)nc(NS(=O)(=O)c4cnn(C)c4)n3)C2)cc1. The molecular formula is C30H34N6O5S. The standard InChI is InChI=1S/C30H34N6O5S/c1-19-8-7-9-20(2)27(19)25-14-26(33-29(32-25)34-42(38,39)24-15-31-35(5)18-24)41-23-16-36(17-23)28(37)30(3,4)21-10-12-22(40-6)13-11-21/h7-15,18,23H,16-17H2,1-6H3,(H,32,33,34). The Kier molecular flexibility index (Phi) is 7.67. The van der Waals surface area contributed by atoms with Crippen LogP contribution in [-0.2, 0) is 27.3 Å². The fraction of sp³-hybridized carbons (Fsp3) is 0.333. The molecule has 0 saturated carbocycles. The van der Waals surface area contributed by atoms with Crippen LogP contribution in [-0.4, -0.2) is 65.3 Å². The van der Waals surface area contributed by atoms with Gasteiger partial charge in [0.2, 0.25) is 17.7 Å². The first kappa shape index (κ1) is 29.1. The summed E-state index contributed by atoms with van der Waals surface area (Å²) in [5.74, 6) is 0.794. The molecule has 1 saturated heterocycles. The van der Waals surface area contributed by atoms with E-state index in [9.17, 15) is 13.2 Å². The monoisotopic (exact) mass is 590 g/mol. The Morgan fingerprint density at radius 1 is 1.05 bits per heavy atom. The molecule has 42 heavy (non-hydrogen) atoms. The molecule has 0 bridgehead atoms. The van der Waals surface area contributed by atoms with Gasteiger partial charge in [-0.1, -0.05) is 30.3 Å². The summed E-state index contributed by atoms with van der Waals surface area (Å²) >= 11 is 0. The molecule has 4 aromatic rings. The third-order valence-electron chi connectivity index (χ3n) is 7.43. The lowest BCUT2D eigenvalue weighted by atomic mass is 9.82. The van der Waals surface area contributed by atoms with Gasteiger partial charge in [0.15, 0.2) is 0 Å². The fourth-order valence-electron chi connectivity index (χ4n) is 4.97. The minimum Gasteiger partial charge on any atom is -0.497 e. The number of ether oxygens (including phenoxy) is 2. The molecule has 1 aliphatic rings. The van der Waals surface area contributed by atoms with E-state index in [1.165, 1.54) is 17.1 Å². The van der Waals surface area contributed by atoms with Gasteiger partial charge in [0.1, 0.15) is 16.7 Å². The van der Waals surface area contributed by atoms with Gasteiger partial charge in [-0.15, -0.1) is 0 Å². The number of anilines is 1. The molecule has 3 heterocycles. The van der Waals surface area contributed by atoms with Crippen molar-refractivity contribution in [1.29, 1.82) is 0 Å². The van der Waals surface area contributed by atoms with Crippen LogP contribution in [0.15, 0.2) is 65.8 Å². The number of benzene rings is 2. The highest BCUT2D eigenvalue weighted by Crippen LogP contribution is 2.32. The van der Waals surface area contributed by atoms with Gasteiger partial charge in [0, 0.05) is 24.9 Å². The minimum atomic E-state index is -3.99. The number of nitrogens with zero attached hydrogens (tertiary/aromatic N) is 5. The summed E-state index contributed by atoms with van der Waals surface area (Å²) in [6, 6.07) is 15.1. The normalized spacial score (nSPS) is 13.9. The van der Waals surface area contributed by atoms with Crippen molar-refractivity contribution in [1.82, 2.24) is 24.6 Å². The van der Waals surface area contributed by atoms with Crippen molar-refractivity contribution in [3.63, 3.8) is 0 Å².